The van der Waals surface area contributed by atoms with Gasteiger partial charge >= 0.3 is 0 Å². The predicted molar refractivity (Wildman–Crippen MR) is 200 cm³/mol. The molecule has 0 aliphatic carbocycles. The molecule has 1 fully saturated rings. The van der Waals surface area contributed by atoms with Gasteiger partial charge in [-0.1, -0.05) is 67.1 Å². The van der Waals surface area contributed by atoms with Crippen LogP contribution in [-0.2, 0) is 9.59 Å². The van der Waals surface area contributed by atoms with Gasteiger partial charge in [0.15, 0.2) is 0 Å². The van der Waals surface area contributed by atoms with E-state index in [9.17, 15) is 19.8 Å². The molecule has 1 saturated heterocycles. The van der Waals surface area contributed by atoms with Gasteiger partial charge in [0.1, 0.15) is 23.5 Å². The zero-order valence-electron chi connectivity index (χ0n) is 28.9. The maximum absolute atomic E-state index is 14.2. The van der Waals surface area contributed by atoms with E-state index in [1.807, 2.05) is 75.7 Å². The van der Waals surface area contributed by atoms with Crippen molar-refractivity contribution in [2.24, 2.45) is 5.92 Å². The lowest BCUT2D eigenvalue weighted by atomic mass is 10.0. The van der Waals surface area contributed by atoms with Crippen LogP contribution >= 0.6 is 22.9 Å². The second kappa shape index (κ2) is 14.4. The number of halogens is 1. The van der Waals surface area contributed by atoms with Crippen LogP contribution in [0.4, 0.5) is 0 Å². The van der Waals surface area contributed by atoms with Crippen molar-refractivity contribution >= 4 is 45.7 Å². The standard InChI is InChI=1S/C38H37ClN8O4S/c1-20(2)35(47-18-32(44-45-47)28-13-25-14-31(27-7-5-6-8-34(27)49)43-42-30(25)16-29(28)39)38(51)46-17-26(48)15-33(46)37(50)41-21(3)23-9-11-24(12-10-23)36-22(4)40-19-52-36/h5-14,16,18-21,26,33,35,48-49H,15,17H2,1-4H3,(H,41,50)/t21-,26+,33-,35-/m0/s1. The van der Waals surface area contributed by atoms with Gasteiger partial charge in [-0.25, -0.2) is 9.67 Å². The molecule has 1 aliphatic heterocycles. The number of nitrogens with one attached hydrogen (secondary N) is 1. The molecule has 6 aromatic rings. The highest BCUT2D eigenvalue weighted by Gasteiger charge is 2.43. The molecule has 0 radical (unpaired) electrons. The molecule has 0 spiro atoms. The number of carbonyl (C=O) groups is 2. The number of phenols is 1. The average Bonchev–Trinajstić information content (AvgIpc) is 3.88. The molecule has 0 unspecified atom stereocenters. The maximum Gasteiger partial charge on any atom is 0.248 e. The summed E-state index contributed by atoms with van der Waals surface area (Å²) in [6.07, 6.45) is 0.938. The van der Waals surface area contributed by atoms with E-state index in [0.717, 1.165) is 27.1 Å². The summed E-state index contributed by atoms with van der Waals surface area (Å²) < 4.78 is 1.50. The lowest BCUT2D eigenvalue weighted by Gasteiger charge is -2.30. The van der Waals surface area contributed by atoms with Gasteiger partial charge in [-0.05, 0) is 61.2 Å². The van der Waals surface area contributed by atoms with Crippen LogP contribution in [0.2, 0.25) is 5.02 Å². The van der Waals surface area contributed by atoms with Crippen molar-refractivity contribution in [1.82, 2.24) is 40.4 Å². The second-order valence-electron chi connectivity index (χ2n) is 13.4. The highest BCUT2D eigenvalue weighted by Crippen LogP contribution is 2.35. The Hall–Kier alpha value is -5.24. The van der Waals surface area contributed by atoms with Crippen molar-refractivity contribution in [3.05, 3.63) is 94.7 Å². The van der Waals surface area contributed by atoms with Crippen LogP contribution < -0.4 is 5.32 Å². The molecular formula is C38H37ClN8O4S. The van der Waals surface area contributed by atoms with Gasteiger partial charge < -0.3 is 20.4 Å². The molecule has 2 amide bonds. The number of benzene rings is 3. The lowest BCUT2D eigenvalue weighted by molar-refractivity contribution is -0.142. The van der Waals surface area contributed by atoms with E-state index >= 15 is 0 Å². The van der Waals surface area contributed by atoms with Gasteiger partial charge in [0.2, 0.25) is 11.8 Å². The number of aromatic nitrogens is 6. The Morgan fingerprint density at radius 2 is 1.75 bits per heavy atom. The first-order valence-corrected chi connectivity index (χ1v) is 18.2. The third-order valence-corrected chi connectivity index (χ3v) is 10.7. The number of phenolic OH excluding ortho intramolecular Hbond substituents is 1. The third-order valence-electron chi connectivity index (χ3n) is 9.45. The van der Waals surface area contributed by atoms with Gasteiger partial charge in [-0.2, -0.15) is 0 Å². The number of β-amino-alcohol motifs (C(OH)–C–C–N with tert-alkyl or cyclic N) is 1. The van der Waals surface area contributed by atoms with E-state index < -0.39 is 18.2 Å². The molecular weight excluding hydrogens is 700 g/mol. The summed E-state index contributed by atoms with van der Waals surface area (Å²) in [6.45, 7) is 7.69. The summed E-state index contributed by atoms with van der Waals surface area (Å²) in [5, 5.41) is 42.5. The molecule has 4 atom stereocenters. The molecule has 12 nitrogen and oxygen atoms in total. The van der Waals surface area contributed by atoms with Crippen LogP contribution in [0.5, 0.6) is 5.75 Å². The van der Waals surface area contributed by atoms with E-state index in [-0.39, 0.29) is 42.5 Å². The molecule has 14 heteroatoms. The molecule has 266 valence electrons. The number of aryl methyl sites for hydroxylation is 1. The van der Waals surface area contributed by atoms with E-state index in [0.29, 0.717) is 33.1 Å². The number of nitrogens with zero attached hydrogens (tertiary/aromatic N) is 7. The minimum Gasteiger partial charge on any atom is -0.507 e. The Kier molecular flexibility index (Phi) is 9.75. The van der Waals surface area contributed by atoms with Crippen LogP contribution in [0.25, 0.3) is 43.9 Å². The van der Waals surface area contributed by atoms with Crippen LogP contribution in [-0.4, -0.2) is 75.8 Å². The summed E-state index contributed by atoms with van der Waals surface area (Å²) in [5.41, 5.74) is 7.38. The smallest absolute Gasteiger partial charge is 0.248 e. The second-order valence-corrected chi connectivity index (χ2v) is 14.7. The summed E-state index contributed by atoms with van der Waals surface area (Å²) in [4.78, 5) is 34.8. The van der Waals surface area contributed by atoms with E-state index in [1.165, 1.54) is 9.58 Å². The number of aliphatic hydroxyl groups is 1. The number of thiazole rings is 1. The Labute approximate surface area is 309 Å². The number of amides is 2. The fraction of sp³-hybridized carbons (Fsp3) is 0.289. The zero-order valence-corrected chi connectivity index (χ0v) is 30.5. The van der Waals surface area contributed by atoms with Gasteiger partial charge in [0.05, 0.1) is 50.7 Å². The number of aliphatic hydroxyl groups excluding tert-OH is 1. The molecule has 1 aliphatic rings. The van der Waals surface area contributed by atoms with Crippen molar-refractivity contribution < 1.29 is 19.8 Å². The van der Waals surface area contributed by atoms with Crippen molar-refractivity contribution in [2.75, 3.05) is 6.54 Å². The van der Waals surface area contributed by atoms with Gasteiger partial charge in [-0.15, -0.1) is 26.6 Å². The SMILES string of the molecule is Cc1ncsc1-c1ccc([C@H](C)NC(=O)[C@@H]2C[C@@H](O)CN2C(=O)[C@H](C(C)C)n2cc(-c3cc4cc(-c5ccccc5O)nnc4cc3Cl)nn2)cc1. The lowest BCUT2D eigenvalue weighted by Crippen LogP contribution is -2.49. The highest BCUT2D eigenvalue weighted by molar-refractivity contribution is 7.13. The molecule has 0 saturated carbocycles. The molecule has 4 heterocycles. The average molecular weight is 737 g/mol. The first-order valence-electron chi connectivity index (χ1n) is 17.0. The van der Waals surface area contributed by atoms with Crippen molar-refractivity contribution in [3.63, 3.8) is 0 Å². The molecule has 52 heavy (non-hydrogen) atoms. The third kappa shape index (κ3) is 6.86. The molecule has 0 bridgehead atoms. The minimum atomic E-state index is -0.859. The number of rotatable bonds is 9. The number of fused-ring (bicyclic) bond motifs is 1. The number of carbonyl (C=O) groups excluding carboxylic acids is 2. The molecule has 3 aromatic carbocycles. The first kappa shape index (κ1) is 35.2. The number of para-hydroxylation sites is 1. The fourth-order valence-electron chi connectivity index (χ4n) is 6.69. The van der Waals surface area contributed by atoms with Crippen molar-refractivity contribution in [2.45, 2.75) is 58.3 Å². The Morgan fingerprint density at radius 3 is 2.46 bits per heavy atom. The van der Waals surface area contributed by atoms with E-state index in [1.54, 1.807) is 41.8 Å². The minimum absolute atomic E-state index is 0.0236. The van der Waals surface area contributed by atoms with Crippen LogP contribution in [0.3, 0.4) is 0 Å². The van der Waals surface area contributed by atoms with Crippen molar-refractivity contribution in [1.29, 1.82) is 0 Å². The Morgan fingerprint density at radius 1 is 0.981 bits per heavy atom. The molecule has 3 N–H and O–H groups in total. The van der Waals surface area contributed by atoms with Crippen molar-refractivity contribution in [3.8, 4) is 38.7 Å². The summed E-state index contributed by atoms with van der Waals surface area (Å²) in [6, 6.07) is 18.2. The summed E-state index contributed by atoms with van der Waals surface area (Å²) in [7, 11) is 0. The van der Waals surface area contributed by atoms with Gasteiger partial charge in [0, 0.05) is 29.5 Å². The maximum atomic E-state index is 14.2. The predicted octanol–water partition coefficient (Wildman–Crippen LogP) is 6.38. The normalized spacial score (nSPS) is 17.1. The number of hydrogen-bond donors (Lipinski definition) is 3. The van der Waals surface area contributed by atoms with Gasteiger partial charge in [-0.3, -0.25) is 9.59 Å². The number of hydrogen-bond acceptors (Lipinski definition) is 10. The zero-order chi connectivity index (χ0) is 36.7. The van der Waals surface area contributed by atoms with E-state index in [2.05, 4.69) is 30.8 Å². The molecule has 3 aromatic heterocycles. The van der Waals surface area contributed by atoms with E-state index in [4.69, 9.17) is 11.6 Å². The first-order chi connectivity index (χ1) is 25.0. The van der Waals surface area contributed by atoms with Crippen LogP contribution in [0, 0.1) is 12.8 Å². The van der Waals surface area contributed by atoms with Crippen LogP contribution in [0.1, 0.15) is 50.5 Å². The Balaban J connectivity index is 1.10. The largest absolute Gasteiger partial charge is 0.507 e. The Bertz CT molecular complexity index is 2270. The fourth-order valence-corrected chi connectivity index (χ4v) is 7.76. The van der Waals surface area contributed by atoms with Crippen LogP contribution in [0.15, 0.2) is 78.4 Å². The number of likely N-dealkylation sites (tertiary alicyclic amines) is 1. The quantitative estimate of drug-likeness (QED) is 0.153. The summed E-state index contributed by atoms with van der Waals surface area (Å²) >= 11 is 8.28. The topological polar surface area (TPSA) is 159 Å². The summed E-state index contributed by atoms with van der Waals surface area (Å²) in [5.74, 6) is -0.819. The monoisotopic (exact) mass is 736 g/mol. The van der Waals surface area contributed by atoms with Gasteiger partial charge in [0.25, 0.3) is 0 Å². The molecule has 7 rings (SSSR count). The number of aromatic hydroxyl groups is 1. The highest BCUT2D eigenvalue weighted by atomic mass is 35.5.